The van der Waals surface area contributed by atoms with E-state index in [1.807, 2.05) is 17.7 Å². The molecule has 0 saturated heterocycles. The van der Waals surface area contributed by atoms with Gasteiger partial charge in [-0.3, -0.25) is 0 Å². The Morgan fingerprint density at radius 3 is 3.12 bits per heavy atom. The summed E-state index contributed by atoms with van der Waals surface area (Å²) in [4.78, 5) is 15.0. The number of esters is 1. The van der Waals surface area contributed by atoms with Gasteiger partial charge in [-0.25, -0.2) is 9.78 Å². The van der Waals surface area contributed by atoms with Gasteiger partial charge in [0.1, 0.15) is 12.6 Å². The Morgan fingerprint density at radius 2 is 2.44 bits per heavy atom. The summed E-state index contributed by atoms with van der Waals surface area (Å²) < 4.78 is 11.7. The molecular weight excluding hydrogens is 208 g/mol. The summed E-state index contributed by atoms with van der Waals surface area (Å²) in [5, 5.41) is 0. The van der Waals surface area contributed by atoms with Crippen LogP contribution in [-0.2, 0) is 27.4 Å². The van der Waals surface area contributed by atoms with Gasteiger partial charge >= 0.3 is 5.97 Å². The van der Waals surface area contributed by atoms with Gasteiger partial charge in [-0.05, 0) is 6.92 Å². The van der Waals surface area contributed by atoms with Gasteiger partial charge < -0.3 is 14.0 Å². The molecule has 0 bridgehead atoms. The second kappa shape index (κ2) is 6.79. The molecule has 0 aromatic carbocycles. The minimum Gasteiger partial charge on any atom is -0.466 e. The van der Waals surface area contributed by atoms with E-state index in [-0.39, 0.29) is 5.97 Å². The van der Waals surface area contributed by atoms with Gasteiger partial charge in [0.25, 0.3) is 0 Å². The summed E-state index contributed by atoms with van der Waals surface area (Å²) in [6, 6.07) is 0. The zero-order valence-corrected chi connectivity index (χ0v) is 9.55. The van der Waals surface area contributed by atoms with Crippen LogP contribution in [0.5, 0.6) is 0 Å². The highest BCUT2D eigenvalue weighted by atomic mass is 16.5. The summed E-state index contributed by atoms with van der Waals surface area (Å²) in [7, 11) is 1.35. The maximum atomic E-state index is 10.8. The molecule has 5 nitrogen and oxygen atoms in total. The fraction of sp³-hybridized carbons (Fsp3) is 0.455. The average Bonchev–Trinajstić information content (AvgIpc) is 2.73. The number of allylic oxidation sites excluding steroid dienone is 1. The molecule has 88 valence electrons. The highest BCUT2D eigenvalue weighted by molar-refractivity contribution is 5.81. The van der Waals surface area contributed by atoms with Gasteiger partial charge in [-0.15, -0.1) is 0 Å². The van der Waals surface area contributed by atoms with Crippen molar-refractivity contribution in [2.75, 3.05) is 13.7 Å². The van der Waals surface area contributed by atoms with Gasteiger partial charge in [-0.1, -0.05) is 6.08 Å². The van der Waals surface area contributed by atoms with Crippen LogP contribution in [0.2, 0.25) is 0 Å². The van der Waals surface area contributed by atoms with Crippen LogP contribution >= 0.6 is 0 Å². The predicted octanol–water partition coefficient (Wildman–Crippen LogP) is 1.15. The number of methoxy groups -OCH3 is 1. The molecule has 1 aromatic heterocycles. The lowest BCUT2D eigenvalue weighted by Crippen LogP contribution is -2.05. The number of hydrogen-bond donors (Lipinski definition) is 0. The third-order valence-corrected chi connectivity index (χ3v) is 1.99. The summed E-state index contributed by atoms with van der Waals surface area (Å²) >= 11 is 0. The first kappa shape index (κ1) is 12.4. The Labute approximate surface area is 94.7 Å². The maximum absolute atomic E-state index is 10.8. The van der Waals surface area contributed by atoms with Crippen LogP contribution in [-0.4, -0.2) is 29.2 Å². The van der Waals surface area contributed by atoms with E-state index in [1.54, 1.807) is 12.3 Å². The Morgan fingerprint density at radius 1 is 1.62 bits per heavy atom. The second-order valence-corrected chi connectivity index (χ2v) is 3.06. The monoisotopic (exact) mass is 224 g/mol. The van der Waals surface area contributed by atoms with E-state index < -0.39 is 0 Å². The van der Waals surface area contributed by atoms with Crippen molar-refractivity contribution in [3.05, 3.63) is 30.4 Å². The topological polar surface area (TPSA) is 53.4 Å². The molecule has 0 radical (unpaired) electrons. The largest absolute Gasteiger partial charge is 0.466 e. The van der Waals surface area contributed by atoms with Gasteiger partial charge in [0.05, 0.1) is 7.11 Å². The van der Waals surface area contributed by atoms with Crippen molar-refractivity contribution in [2.45, 2.75) is 20.1 Å². The van der Waals surface area contributed by atoms with Crippen LogP contribution in [0.15, 0.2) is 24.5 Å². The number of ether oxygens (including phenoxy) is 2. The van der Waals surface area contributed by atoms with Crippen molar-refractivity contribution in [1.82, 2.24) is 9.55 Å². The lowest BCUT2D eigenvalue weighted by molar-refractivity contribution is -0.134. The van der Waals surface area contributed by atoms with E-state index in [4.69, 9.17) is 4.74 Å². The first-order chi connectivity index (χ1) is 7.77. The van der Waals surface area contributed by atoms with E-state index in [1.165, 1.54) is 13.2 Å². The van der Waals surface area contributed by atoms with Crippen molar-refractivity contribution < 1.29 is 14.3 Å². The summed E-state index contributed by atoms with van der Waals surface area (Å²) in [5.41, 5.74) is 0. The van der Waals surface area contributed by atoms with Crippen LogP contribution in [0, 0.1) is 0 Å². The lowest BCUT2D eigenvalue weighted by atomic mass is 10.3. The van der Waals surface area contributed by atoms with Crippen molar-refractivity contribution in [3.8, 4) is 0 Å². The molecule has 0 aliphatic carbocycles. The third kappa shape index (κ3) is 3.86. The summed E-state index contributed by atoms with van der Waals surface area (Å²) in [6.07, 6.45) is 7.24. The Kier molecular flexibility index (Phi) is 5.28. The summed E-state index contributed by atoms with van der Waals surface area (Å²) in [6.45, 7) is 3.08. The first-order valence-corrected chi connectivity index (χ1v) is 5.10. The minimum absolute atomic E-state index is 0.358. The SMILES string of the molecule is CCOCn1ccnc1C/C=C/C(=O)OC. The van der Waals surface area contributed by atoms with E-state index in [2.05, 4.69) is 9.72 Å². The molecule has 0 saturated carbocycles. The second-order valence-electron chi connectivity index (χ2n) is 3.06. The van der Waals surface area contributed by atoms with Crippen molar-refractivity contribution >= 4 is 5.97 Å². The van der Waals surface area contributed by atoms with Crippen LogP contribution in [0.25, 0.3) is 0 Å². The predicted molar refractivity (Wildman–Crippen MR) is 58.7 cm³/mol. The van der Waals surface area contributed by atoms with E-state index in [9.17, 15) is 4.79 Å². The van der Waals surface area contributed by atoms with Crippen molar-refractivity contribution in [1.29, 1.82) is 0 Å². The van der Waals surface area contributed by atoms with E-state index >= 15 is 0 Å². The molecular formula is C11H16N2O3. The number of imidazole rings is 1. The lowest BCUT2D eigenvalue weighted by Gasteiger charge is -2.05. The number of rotatable bonds is 6. The van der Waals surface area contributed by atoms with Gasteiger partial charge in [0.15, 0.2) is 0 Å². The van der Waals surface area contributed by atoms with E-state index in [0.717, 1.165) is 5.82 Å². The molecule has 0 spiro atoms. The number of carbonyl (C=O) groups excluding carboxylic acids is 1. The average molecular weight is 224 g/mol. The molecule has 0 fully saturated rings. The van der Waals surface area contributed by atoms with Gasteiger partial charge in [0.2, 0.25) is 0 Å². The molecule has 5 heteroatoms. The maximum Gasteiger partial charge on any atom is 0.330 e. The Balaban J connectivity index is 2.50. The van der Waals surface area contributed by atoms with Gasteiger partial charge in [-0.2, -0.15) is 0 Å². The fourth-order valence-corrected chi connectivity index (χ4v) is 1.17. The molecule has 16 heavy (non-hydrogen) atoms. The van der Waals surface area contributed by atoms with Crippen molar-refractivity contribution in [2.24, 2.45) is 0 Å². The molecule has 1 aromatic rings. The Hall–Kier alpha value is -1.62. The van der Waals surface area contributed by atoms with Crippen LogP contribution in [0.1, 0.15) is 12.7 Å². The highest BCUT2D eigenvalue weighted by Gasteiger charge is 2.00. The van der Waals surface area contributed by atoms with Crippen LogP contribution in [0.3, 0.4) is 0 Å². The number of carbonyl (C=O) groups is 1. The van der Waals surface area contributed by atoms with E-state index in [0.29, 0.717) is 19.8 Å². The van der Waals surface area contributed by atoms with Crippen LogP contribution in [0.4, 0.5) is 0 Å². The molecule has 0 amide bonds. The number of nitrogens with zero attached hydrogens (tertiary/aromatic N) is 2. The first-order valence-electron chi connectivity index (χ1n) is 5.10. The molecule has 0 atom stereocenters. The zero-order chi connectivity index (χ0) is 11.8. The molecule has 0 N–H and O–H groups in total. The zero-order valence-electron chi connectivity index (χ0n) is 9.55. The molecule has 0 aliphatic rings. The van der Waals surface area contributed by atoms with Crippen molar-refractivity contribution in [3.63, 3.8) is 0 Å². The minimum atomic E-state index is -0.358. The van der Waals surface area contributed by atoms with Gasteiger partial charge in [0, 0.05) is 31.5 Å². The fourth-order valence-electron chi connectivity index (χ4n) is 1.17. The molecule has 1 heterocycles. The number of aromatic nitrogens is 2. The summed E-state index contributed by atoms with van der Waals surface area (Å²) in [5.74, 6) is 0.497. The molecule has 0 aliphatic heterocycles. The van der Waals surface area contributed by atoms with Crippen LogP contribution < -0.4 is 0 Å². The quantitative estimate of drug-likeness (QED) is 0.537. The standard InChI is InChI=1S/C11H16N2O3/c1-3-16-9-13-8-7-12-10(13)5-4-6-11(14)15-2/h4,6-8H,3,5,9H2,1-2H3/b6-4+. The molecule has 0 unspecified atom stereocenters. The third-order valence-electron chi connectivity index (χ3n) is 1.99. The smallest absolute Gasteiger partial charge is 0.330 e. The number of hydrogen-bond acceptors (Lipinski definition) is 4. The highest BCUT2D eigenvalue weighted by Crippen LogP contribution is 2.00. The molecule has 1 rings (SSSR count). The normalized spacial score (nSPS) is 10.9. The Bertz CT molecular complexity index is 358.